The molecule has 0 saturated carbocycles. The van der Waals surface area contributed by atoms with Crippen molar-refractivity contribution in [2.24, 2.45) is 5.41 Å². The Kier molecular flexibility index (Phi) is 6.89. The van der Waals surface area contributed by atoms with Crippen LogP contribution in [-0.4, -0.2) is 30.2 Å². The van der Waals surface area contributed by atoms with E-state index >= 15 is 0 Å². The Morgan fingerprint density at radius 3 is 2.71 bits per heavy atom. The molecule has 1 amide bonds. The van der Waals surface area contributed by atoms with Gasteiger partial charge in [0.15, 0.2) is 5.69 Å². The number of unbranched alkanes of at least 4 members (excludes halogenated alkanes) is 1. The quantitative estimate of drug-likeness (QED) is 0.687. The highest BCUT2D eigenvalue weighted by Gasteiger charge is 2.27. The van der Waals surface area contributed by atoms with E-state index in [1.165, 1.54) is 12.8 Å². The van der Waals surface area contributed by atoms with Crippen molar-refractivity contribution in [3.63, 3.8) is 0 Å². The van der Waals surface area contributed by atoms with Crippen molar-refractivity contribution >= 4 is 5.91 Å². The SMILES string of the molecule is CCCCNCC(C)(C)C(C)NC(=O)c1cc(CC)on1. The Morgan fingerprint density at radius 1 is 1.43 bits per heavy atom. The van der Waals surface area contributed by atoms with Gasteiger partial charge >= 0.3 is 0 Å². The van der Waals surface area contributed by atoms with Gasteiger partial charge in [-0.05, 0) is 25.3 Å². The summed E-state index contributed by atoms with van der Waals surface area (Å²) in [5.41, 5.74) is 0.328. The summed E-state index contributed by atoms with van der Waals surface area (Å²) in [7, 11) is 0. The maximum Gasteiger partial charge on any atom is 0.273 e. The first kappa shape index (κ1) is 17.7. The largest absolute Gasteiger partial charge is 0.361 e. The second-order valence-electron chi connectivity index (χ2n) is 6.25. The third kappa shape index (κ3) is 5.50. The Bertz CT molecular complexity index is 440. The molecule has 120 valence electrons. The highest BCUT2D eigenvalue weighted by Crippen LogP contribution is 2.19. The predicted octanol–water partition coefficient (Wildman–Crippen LogP) is 2.77. The summed E-state index contributed by atoms with van der Waals surface area (Å²) in [5, 5.41) is 10.3. The van der Waals surface area contributed by atoms with Gasteiger partial charge in [0.2, 0.25) is 0 Å². The monoisotopic (exact) mass is 295 g/mol. The maximum atomic E-state index is 12.2. The van der Waals surface area contributed by atoms with Gasteiger partial charge in [0.25, 0.3) is 5.91 Å². The molecule has 0 aliphatic rings. The van der Waals surface area contributed by atoms with Crippen molar-refractivity contribution < 1.29 is 9.32 Å². The first-order valence-electron chi connectivity index (χ1n) is 7.87. The zero-order valence-electron chi connectivity index (χ0n) is 14.0. The Morgan fingerprint density at radius 2 is 2.14 bits per heavy atom. The van der Waals surface area contributed by atoms with Gasteiger partial charge in [-0.3, -0.25) is 4.79 Å². The zero-order chi connectivity index (χ0) is 15.9. The smallest absolute Gasteiger partial charge is 0.273 e. The van der Waals surface area contributed by atoms with Gasteiger partial charge in [0, 0.05) is 25.1 Å². The lowest BCUT2D eigenvalue weighted by molar-refractivity contribution is 0.0893. The van der Waals surface area contributed by atoms with E-state index in [1.54, 1.807) is 6.07 Å². The fourth-order valence-corrected chi connectivity index (χ4v) is 1.92. The second-order valence-corrected chi connectivity index (χ2v) is 6.25. The van der Waals surface area contributed by atoms with Gasteiger partial charge < -0.3 is 15.2 Å². The molecule has 5 heteroatoms. The summed E-state index contributed by atoms with van der Waals surface area (Å²) in [6.07, 6.45) is 3.10. The molecule has 0 saturated heterocycles. The van der Waals surface area contributed by atoms with Gasteiger partial charge in [-0.15, -0.1) is 0 Å². The topological polar surface area (TPSA) is 67.2 Å². The van der Waals surface area contributed by atoms with Crippen LogP contribution < -0.4 is 10.6 Å². The number of hydrogen-bond acceptors (Lipinski definition) is 4. The van der Waals surface area contributed by atoms with E-state index in [9.17, 15) is 4.79 Å². The lowest BCUT2D eigenvalue weighted by Gasteiger charge is -2.32. The summed E-state index contributed by atoms with van der Waals surface area (Å²) in [4.78, 5) is 12.2. The van der Waals surface area contributed by atoms with Crippen LogP contribution in [0.3, 0.4) is 0 Å². The molecule has 1 unspecified atom stereocenters. The Labute approximate surface area is 127 Å². The van der Waals surface area contributed by atoms with Crippen molar-refractivity contribution in [1.29, 1.82) is 0 Å². The molecule has 21 heavy (non-hydrogen) atoms. The Balaban J connectivity index is 2.49. The number of nitrogens with zero attached hydrogens (tertiary/aromatic N) is 1. The number of rotatable bonds is 9. The van der Waals surface area contributed by atoms with Gasteiger partial charge in [0.1, 0.15) is 5.76 Å². The van der Waals surface area contributed by atoms with Crippen LogP contribution in [0.2, 0.25) is 0 Å². The summed E-state index contributed by atoms with van der Waals surface area (Å²) >= 11 is 0. The van der Waals surface area contributed by atoms with Crippen LogP contribution in [0.15, 0.2) is 10.6 Å². The summed E-state index contributed by atoms with van der Waals surface area (Å²) in [6, 6.07) is 1.75. The second kappa shape index (κ2) is 8.17. The zero-order valence-corrected chi connectivity index (χ0v) is 14.0. The van der Waals surface area contributed by atoms with E-state index in [4.69, 9.17) is 4.52 Å². The first-order chi connectivity index (χ1) is 9.90. The predicted molar refractivity (Wildman–Crippen MR) is 84.4 cm³/mol. The molecule has 0 bridgehead atoms. The molecule has 0 spiro atoms. The van der Waals surface area contributed by atoms with Crippen molar-refractivity contribution in [3.05, 3.63) is 17.5 Å². The van der Waals surface area contributed by atoms with E-state index in [0.717, 1.165) is 25.3 Å². The normalized spacial score (nSPS) is 13.2. The molecule has 1 aromatic rings. The number of aryl methyl sites for hydroxylation is 1. The lowest BCUT2D eigenvalue weighted by atomic mass is 9.85. The van der Waals surface area contributed by atoms with Gasteiger partial charge in [0.05, 0.1) is 0 Å². The number of hydrogen-bond donors (Lipinski definition) is 2. The molecule has 0 fully saturated rings. The molecule has 0 radical (unpaired) electrons. The van der Waals surface area contributed by atoms with Crippen LogP contribution in [0, 0.1) is 5.41 Å². The van der Waals surface area contributed by atoms with Crippen LogP contribution in [-0.2, 0) is 6.42 Å². The standard InChI is InChI=1S/C16H29N3O2/c1-6-8-9-17-11-16(4,5)12(3)18-15(20)14-10-13(7-2)21-19-14/h10,12,17H,6-9,11H2,1-5H3,(H,18,20). The first-order valence-corrected chi connectivity index (χ1v) is 7.87. The Hall–Kier alpha value is -1.36. The number of carbonyl (C=O) groups is 1. The minimum atomic E-state index is -0.174. The van der Waals surface area contributed by atoms with Crippen LogP contribution in [0.25, 0.3) is 0 Å². The molecule has 1 heterocycles. The van der Waals surface area contributed by atoms with Gasteiger partial charge in [-0.1, -0.05) is 39.3 Å². The molecule has 5 nitrogen and oxygen atoms in total. The van der Waals surface area contributed by atoms with E-state index < -0.39 is 0 Å². The van der Waals surface area contributed by atoms with Crippen LogP contribution in [0.1, 0.15) is 63.7 Å². The third-order valence-corrected chi connectivity index (χ3v) is 3.95. The van der Waals surface area contributed by atoms with Crippen molar-refractivity contribution in [2.45, 2.75) is 59.9 Å². The maximum absolute atomic E-state index is 12.2. The van der Waals surface area contributed by atoms with E-state index in [1.807, 2.05) is 13.8 Å². The van der Waals surface area contributed by atoms with Crippen LogP contribution in [0.5, 0.6) is 0 Å². The summed E-state index contributed by atoms with van der Waals surface area (Å²) < 4.78 is 5.07. The highest BCUT2D eigenvalue weighted by molar-refractivity contribution is 5.92. The van der Waals surface area contributed by atoms with E-state index in [0.29, 0.717) is 5.69 Å². The number of amides is 1. The lowest BCUT2D eigenvalue weighted by Crippen LogP contribution is -2.47. The molecular formula is C16H29N3O2. The molecule has 1 atom stereocenters. The van der Waals surface area contributed by atoms with E-state index in [-0.39, 0.29) is 17.4 Å². The van der Waals surface area contributed by atoms with Crippen LogP contribution >= 0.6 is 0 Å². The van der Waals surface area contributed by atoms with Crippen molar-refractivity contribution in [1.82, 2.24) is 15.8 Å². The van der Waals surface area contributed by atoms with E-state index in [2.05, 4.69) is 36.6 Å². The fourth-order valence-electron chi connectivity index (χ4n) is 1.92. The molecular weight excluding hydrogens is 266 g/mol. The average Bonchev–Trinajstić information content (AvgIpc) is 2.92. The molecule has 1 rings (SSSR count). The highest BCUT2D eigenvalue weighted by atomic mass is 16.5. The van der Waals surface area contributed by atoms with Gasteiger partial charge in [-0.2, -0.15) is 0 Å². The molecule has 2 N–H and O–H groups in total. The van der Waals surface area contributed by atoms with Crippen molar-refractivity contribution in [2.75, 3.05) is 13.1 Å². The summed E-state index contributed by atoms with van der Waals surface area (Å²) in [5.74, 6) is 0.556. The molecule has 0 aromatic carbocycles. The average molecular weight is 295 g/mol. The molecule has 0 aliphatic heterocycles. The number of carbonyl (C=O) groups excluding carboxylic acids is 1. The minimum absolute atomic E-state index is 0.0271. The molecule has 1 aromatic heterocycles. The van der Waals surface area contributed by atoms with Crippen molar-refractivity contribution in [3.8, 4) is 0 Å². The minimum Gasteiger partial charge on any atom is -0.361 e. The van der Waals surface area contributed by atoms with Crippen LogP contribution in [0.4, 0.5) is 0 Å². The number of aromatic nitrogens is 1. The fraction of sp³-hybridized carbons (Fsp3) is 0.750. The molecule has 0 aliphatic carbocycles. The third-order valence-electron chi connectivity index (χ3n) is 3.95. The summed E-state index contributed by atoms with van der Waals surface area (Å²) in [6.45, 7) is 12.4. The number of nitrogens with one attached hydrogen (secondary N) is 2. The van der Waals surface area contributed by atoms with Gasteiger partial charge in [-0.25, -0.2) is 0 Å².